The van der Waals surface area contributed by atoms with E-state index in [2.05, 4.69) is 14.8 Å². The fourth-order valence-electron chi connectivity index (χ4n) is 5.02. The van der Waals surface area contributed by atoms with Gasteiger partial charge in [-0.25, -0.2) is 9.78 Å². The van der Waals surface area contributed by atoms with E-state index < -0.39 is 12.3 Å². The number of hydrogen-bond acceptors (Lipinski definition) is 8. The zero-order valence-corrected chi connectivity index (χ0v) is 22.1. The van der Waals surface area contributed by atoms with Gasteiger partial charge in [-0.3, -0.25) is 0 Å². The molecule has 1 aliphatic heterocycles. The van der Waals surface area contributed by atoms with Crippen molar-refractivity contribution in [3.05, 3.63) is 59.4 Å². The molecule has 3 heterocycles. The number of hydrogen-bond donors (Lipinski definition) is 1. The Hall–Kier alpha value is -3.64. The van der Waals surface area contributed by atoms with Crippen molar-refractivity contribution in [3.63, 3.8) is 0 Å². The molecule has 2 aromatic heterocycles. The Balaban J connectivity index is 1.16. The maximum absolute atomic E-state index is 13.1. The summed E-state index contributed by atoms with van der Waals surface area (Å²) in [5.74, 6) is -0.435. The maximum Gasteiger partial charge on any atom is 0.573 e. The molecule has 1 saturated heterocycles. The van der Waals surface area contributed by atoms with Crippen LogP contribution in [0.5, 0.6) is 5.75 Å². The van der Waals surface area contributed by atoms with Gasteiger partial charge in [0.2, 0.25) is 0 Å². The van der Waals surface area contributed by atoms with Gasteiger partial charge in [0.05, 0.1) is 28.5 Å². The van der Waals surface area contributed by atoms with Crippen molar-refractivity contribution in [2.24, 2.45) is 0 Å². The summed E-state index contributed by atoms with van der Waals surface area (Å²) in [6, 6.07) is 10.9. The summed E-state index contributed by atoms with van der Waals surface area (Å²) in [7, 11) is 0. The number of para-hydroxylation sites is 1. The number of alkyl halides is 3. The number of halogens is 3. The molecule has 1 unspecified atom stereocenters. The molecule has 2 aromatic carbocycles. The van der Waals surface area contributed by atoms with E-state index in [1.54, 1.807) is 30.3 Å². The van der Waals surface area contributed by atoms with Crippen LogP contribution in [0.25, 0.3) is 21.5 Å². The average Bonchev–Trinajstić information content (AvgIpc) is 3.60. The Bertz CT molecular complexity index is 1530. The Labute approximate surface area is 231 Å². The van der Waals surface area contributed by atoms with Crippen molar-refractivity contribution in [2.75, 3.05) is 18.0 Å². The first kappa shape index (κ1) is 26.6. The maximum atomic E-state index is 13.1. The lowest BCUT2D eigenvalue weighted by molar-refractivity contribution is -0.274. The van der Waals surface area contributed by atoms with Crippen LogP contribution in [0.15, 0.2) is 47.0 Å². The van der Waals surface area contributed by atoms with Gasteiger partial charge in [0, 0.05) is 30.1 Å². The van der Waals surface area contributed by atoms with Crippen molar-refractivity contribution in [1.29, 1.82) is 0 Å². The summed E-state index contributed by atoms with van der Waals surface area (Å²) in [6.45, 7) is 1.68. The van der Waals surface area contributed by atoms with Crippen LogP contribution in [0.2, 0.25) is 0 Å². The molecule has 1 atom stereocenters. The lowest BCUT2D eigenvalue weighted by Crippen LogP contribution is -2.24. The van der Waals surface area contributed by atoms with Gasteiger partial charge < -0.3 is 24.0 Å². The zero-order valence-electron chi connectivity index (χ0n) is 21.3. The Kier molecular flexibility index (Phi) is 7.13. The van der Waals surface area contributed by atoms with Gasteiger partial charge in [-0.05, 0) is 62.4 Å². The van der Waals surface area contributed by atoms with Gasteiger partial charge in [0.25, 0.3) is 0 Å². The highest BCUT2D eigenvalue weighted by Gasteiger charge is 2.36. The van der Waals surface area contributed by atoms with E-state index in [1.165, 1.54) is 23.5 Å². The molecule has 2 fully saturated rings. The van der Waals surface area contributed by atoms with Crippen LogP contribution in [0.1, 0.15) is 59.7 Å². The number of nitrogens with zero attached hydrogens (tertiary/aromatic N) is 3. The highest BCUT2D eigenvalue weighted by molar-refractivity contribution is 7.22. The third-order valence-corrected chi connectivity index (χ3v) is 8.25. The number of rotatable bonds is 8. The van der Waals surface area contributed by atoms with Crippen LogP contribution >= 0.6 is 11.3 Å². The van der Waals surface area contributed by atoms with E-state index in [9.17, 15) is 23.1 Å². The quantitative estimate of drug-likeness (QED) is 0.241. The highest BCUT2D eigenvalue weighted by Crippen LogP contribution is 2.46. The molecule has 0 bridgehead atoms. The molecule has 0 spiro atoms. The first-order valence-electron chi connectivity index (χ1n) is 13.1. The van der Waals surface area contributed by atoms with Crippen LogP contribution in [-0.2, 0) is 11.3 Å². The Morgan fingerprint density at radius 3 is 2.73 bits per heavy atom. The average molecular weight is 574 g/mol. The third-order valence-electron chi connectivity index (χ3n) is 7.17. The molecule has 0 radical (unpaired) electrons. The topological polar surface area (TPSA) is 97.9 Å². The number of carboxylic acid groups (broad SMARTS) is 1. The lowest BCUT2D eigenvalue weighted by Gasteiger charge is -2.19. The van der Waals surface area contributed by atoms with Crippen LogP contribution in [0, 0.1) is 0 Å². The normalized spacial score (nSPS) is 18.2. The van der Waals surface area contributed by atoms with E-state index in [0.29, 0.717) is 23.6 Å². The second-order valence-electron chi connectivity index (χ2n) is 10.0. The van der Waals surface area contributed by atoms with Gasteiger partial charge in [-0.15, -0.1) is 13.2 Å². The van der Waals surface area contributed by atoms with E-state index in [1.807, 2.05) is 0 Å². The van der Waals surface area contributed by atoms with E-state index in [-0.39, 0.29) is 35.5 Å². The molecule has 4 aromatic rings. The van der Waals surface area contributed by atoms with Crippen molar-refractivity contribution in [2.45, 2.75) is 57.1 Å². The first-order valence-corrected chi connectivity index (χ1v) is 13.9. The molecular weight excluding hydrogens is 547 g/mol. The van der Waals surface area contributed by atoms with E-state index in [0.717, 1.165) is 54.0 Å². The summed E-state index contributed by atoms with van der Waals surface area (Å²) in [5, 5.41) is 14.3. The largest absolute Gasteiger partial charge is 0.573 e. The first-order chi connectivity index (χ1) is 19.2. The minimum atomic E-state index is -4.83. The van der Waals surface area contributed by atoms with Crippen molar-refractivity contribution >= 4 is 32.7 Å². The fourth-order valence-corrected chi connectivity index (χ4v) is 6.08. The van der Waals surface area contributed by atoms with E-state index >= 15 is 0 Å². The monoisotopic (exact) mass is 573 g/mol. The number of aromatic carboxylic acids is 1. The molecule has 1 aliphatic carbocycles. The minimum Gasteiger partial charge on any atom is -0.478 e. The van der Waals surface area contributed by atoms with Gasteiger partial charge in [-0.1, -0.05) is 28.6 Å². The number of ether oxygens (including phenoxy) is 2. The number of carboxylic acids is 1. The van der Waals surface area contributed by atoms with Crippen LogP contribution in [-0.4, -0.2) is 46.8 Å². The SMILES string of the molecule is O=C(O)c1ccc2nc(N3CCCC(OCc4c(-c5ccccc5OC(F)(F)F)noc4C4CC4)CC3)sc2c1. The number of anilines is 1. The van der Waals surface area contributed by atoms with Gasteiger partial charge >= 0.3 is 12.3 Å². The van der Waals surface area contributed by atoms with Crippen molar-refractivity contribution in [3.8, 4) is 17.0 Å². The molecular formula is C28H26F3N3O5S. The summed E-state index contributed by atoms with van der Waals surface area (Å²) < 4.78 is 56.2. The minimum absolute atomic E-state index is 0.0607. The smallest absolute Gasteiger partial charge is 0.478 e. The summed E-state index contributed by atoms with van der Waals surface area (Å²) in [5.41, 5.74) is 2.19. The van der Waals surface area contributed by atoms with Gasteiger partial charge in [0.1, 0.15) is 17.2 Å². The number of aromatic nitrogens is 2. The number of benzene rings is 2. The Morgan fingerprint density at radius 2 is 1.95 bits per heavy atom. The second-order valence-corrected chi connectivity index (χ2v) is 11.0. The molecule has 1 saturated carbocycles. The second kappa shape index (κ2) is 10.7. The molecule has 0 amide bonds. The van der Waals surface area contributed by atoms with Crippen LogP contribution < -0.4 is 9.64 Å². The van der Waals surface area contributed by atoms with Gasteiger partial charge in [0.15, 0.2) is 5.13 Å². The number of thiazole rings is 1. The van der Waals surface area contributed by atoms with Crippen LogP contribution in [0.3, 0.4) is 0 Å². The fraction of sp³-hybridized carbons (Fsp3) is 0.393. The third kappa shape index (κ3) is 5.78. The van der Waals surface area contributed by atoms with Crippen molar-refractivity contribution in [1.82, 2.24) is 10.1 Å². The summed E-state index contributed by atoms with van der Waals surface area (Å²) >= 11 is 1.47. The molecule has 6 rings (SSSR count). The number of fused-ring (bicyclic) bond motifs is 1. The summed E-state index contributed by atoms with van der Waals surface area (Å²) in [6.07, 6.45) is -0.581. The molecule has 12 heteroatoms. The Morgan fingerprint density at radius 1 is 1.12 bits per heavy atom. The molecule has 1 N–H and O–H groups in total. The predicted molar refractivity (Wildman–Crippen MR) is 142 cm³/mol. The zero-order chi connectivity index (χ0) is 27.9. The lowest BCUT2D eigenvalue weighted by atomic mass is 10.0. The molecule has 2 aliphatic rings. The van der Waals surface area contributed by atoms with Gasteiger partial charge in [-0.2, -0.15) is 0 Å². The van der Waals surface area contributed by atoms with E-state index in [4.69, 9.17) is 14.2 Å². The van der Waals surface area contributed by atoms with Crippen LogP contribution in [0.4, 0.5) is 18.3 Å². The molecule has 40 heavy (non-hydrogen) atoms. The molecule has 8 nitrogen and oxygen atoms in total. The predicted octanol–water partition coefficient (Wildman–Crippen LogP) is 7.00. The van der Waals surface area contributed by atoms with Crippen molar-refractivity contribution < 1.29 is 37.1 Å². The molecule has 210 valence electrons. The highest BCUT2D eigenvalue weighted by atomic mass is 32.1. The number of carbonyl (C=O) groups is 1. The standard InChI is InChI=1S/C28H26F3N3O5S/c29-28(30,31)38-22-6-2-1-5-19(22)24-20(25(39-33-24)16-7-8-16)15-37-18-4-3-12-34(13-11-18)27-32-21-10-9-17(26(35)36)14-23(21)40-27/h1-2,5-6,9-10,14,16,18H,3-4,7-8,11-13,15H2,(H,35,36). The summed E-state index contributed by atoms with van der Waals surface area (Å²) in [4.78, 5) is 18.2.